The van der Waals surface area contributed by atoms with Crippen molar-refractivity contribution in [1.29, 1.82) is 0 Å². The number of Topliss-reactive ketones (excluding diaryl/α,β-unsaturated/α-hetero) is 1. The van der Waals surface area contributed by atoms with E-state index in [1.165, 1.54) is 0 Å². The van der Waals surface area contributed by atoms with E-state index in [-0.39, 0.29) is 11.5 Å². The number of carbonyl (C=O) groups excluding carboxylic acids is 1. The number of carbonyl (C=O) groups is 1. The van der Waals surface area contributed by atoms with Gasteiger partial charge >= 0.3 is 0 Å². The van der Waals surface area contributed by atoms with Gasteiger partial charge in [-0.3, -0.25) is 4.79 Å². The SMILES string of the molecule is C/C(N)=C(/N)C(=O)c1ccccc1. The normalized spacial score (nSPS) is 12.1. The average molecular weight is 176 g/mol. The van der Waals surface area contributed by atoms with Gasteiger partial charge < -0.3 is 11.5 Å². The lowest BCUT2D eigenvalue weighted by molar-refractivity contribution is 0.103. The van der Waals surface area contributed by atoms with E-state index >= 15 is 0 Å². The molecule has 13 heavy (non-hydrogen) atoms. The Hall–Kier alpha value is -1.77. The fraction of sp³-hybridized carbons (Fsp3) is 0.100. The van der Waals surface area contributed by atoms with E-state index in [1.807, 2.05) is 6.07 Å². The van der Waals surface area contributed by atoms with Gasteiger partial charge in [0.1, 0.15) is 0 Å². The summed E-state index contributed by atoms with van der Waals surface area (Å²) in [6, 6.07) is 8.82. The smallest absolute Gasteiger partial charge is 0.210 e. The largest absolute Gasteiger partial charge is 0.400 e. The number of allylic oxidation sites excluding steroid dienone is 2. The predicted molar refractivity (Wildman–Crippen MR) is 51.8 cm³/mol. The molecule has 0 radical (unpaired) electrons. The Morgan fingerprint density at radius 3 is 2.15 bits per heavy atom. The first kappa shape index (κ1) is 9.32. The molecule has 0 aliphatic rings. The molecular weight excluding hydrogens is 164 g/mol. The monoisotopic (exact) mass is 176 g/mol. The summed E-state index contributed by atoms with van der Waals surface area (Å²) in [5, 5.41) is 0. The molecule has 1 aromatic rings. The lowest BCUT2D eigenvalue weighted by atomic mass is 10.1. The molecule has 68 valence electrons. The zero-order valence-corrected chi connectivity index (χ0v) is 7.45. The van der Waals surface area contributed by atoms with E-state index in [0.29, 0.717) is 11.3 Å². The maximum Gasteiger partial charge on any atom is 0.210 e. The van der Waals surface area contributed by atoms with Crippen molar-refractivity contribution in [3.05, 3.63) is 47.3 Å². The Morgan fingerprint density at radius 1 is 1.15 bits per heavy atom. The first-order chi connectivity index (χ1) is 6.13. The van der Waals surface area contributed by atoms with Crippen LogP contribution in [0.5, 0.6) is 0 Å². The summed E-state index contributed by atoms with van der Waals surface area (Å²) in [6.07, 6.45) is 0. The number of hydrogen-bond acceptors (Lipinski definition) is 3. The van der Waals surface area contributed by atoms with Gasteiger partial charge in [0.05, 0.1) is 5.70 Å². The first-order valence-electron chi connectivity index (χ1n) is 3.94. The molecule has 0 heterocycles. The van der Waals surface area contributed by atoms with Crippen LogP contribution in [0.1, 0.15) is 17.3 Å². The third-order valence-corrected chi connectivity index (χ3v) is 1.71. The molecule has 0 aliphatic carbocycles. The third kappa shape index (κ3) is 2.08. The second kappa shape index (κ2) is 3.76. The molecule has 4 N–H and O–H groups in total. The Bertz CT molecular complexity index is 337. The van der Waals surface area contributed by atoms with Crippen molar-refractivity contribution in [1.82, 2.24) is 0 Å². The highest BCUT2D eigenvalue weighted by Crippen LogP contribution is 2.05. The summed E-state index contributed by atoms with van der Waals surface area (Å²) in [5.41, 5.74) is 11.9. The second-order valence-electron chi connectivity index (χ2n) is 2.79. The molecule has 0 unspecified atom stereocenters. The van der Waals surface area contributed by atoms with Gasteiger partial charge in [0.25, 0.3) is 0 Å². The van der Waals surface area contributed by atoms with E-state index in [4.69, 9.17) is 11.5 Å². The first-order valence-corrected chi connectivity index (χ1v) is 3.94. The van der Waals surface area contributed by atoms with Crippen molar-refractivity contribution < 1.29 is 4.79 Å². The maximum atomic E-state index is 11.5. The van der Waals surface area contributed by atoms with Gasteiger partial charge in [-0.15, -0.1) is 0 Å². The molecule has 1 aromatic carbocycles. The lowest BCUT2D eigenvalue weighted by Gasteiger charge is -2.02. The molecule has 0 atom stereocenters. The van der Waals surface area contributed by atoms with Crippen LogP contribution in [-0.4, -0.2) is 5.78 Å². The molecule has 0 aromatic heterocycles. The number of benzene rings is 1. The molecule has 0 bridgehead atoms. The van der Waals surface area contributed by atoms with E-state index in [2.05, 4.69) is 0 Å². The van der Waals surface area contributed by atoms with Crippen LogP contribution in [0.3, 0.4) is 0 Å². The van der Waals surface area contributed by atoms with Gasteiger partial charge in [-0.2, -0.15) is 0 Å². The van der Waals surface area contributed by atoms with Crippen LogP contribution < -0.4 is 11.5 Å². The molecular formula is C10H12N2O. The average Bonchev–Trinajstić information content (AvgIpc) is 2.17. The van der Waals surface area contributed by atoms with Crippen LogP contribution in [0.4, 0.5) is 0 Å². The highest BCUT2D eigenvalue weighted by atomic mass is 16.1. The Labute approximate surface area is 77.0 Å². The van der Waals surface area contributed by atoms with Crippen LogP contribution in [0.2, 0.25) is 0 Å². The lowest BCUT2D eigenvalue weighted by Crippen LogP contribution is -2.16. The highest BCUT2D eigenvalue weighted by Gasteiger charge is 2.09. The van der Waals surface area contributed by atoms with Crippen molar-refractivity contribution in [2.24, 2.45) is 11.5 Å². The van der Waals surface area contributed by atoms with E-state index in [1.54, 1.807) is 31.2 Å². The third-order valence-electron chi connectivity index (χ3n) is 1.71. The highest BCUT2D eigenvalue weighted by molar-refractivity contribution is 6.08. The van der Waals surface area contributed by atoms with E-state index < -0.39 is 0 Å². The van der Waals surface area contributed by atoms with Crippen LogP contribution in [0.25, 0.3) is 0 Å². The fourth-order valence-corrected chi connectivity index (χ4v) is 0.924. The number of nitrogens with two attached hydrogens (primary N) is 2. The molecule has 3 nitrogen and oxygen atoms in total. The van der Waals surface area contributed by atoms with Crippen molar-refractivity contribution >= 4 is 5.78 Å². The summed E-state index contributed by atoms with van der Waals surface area (Å²) in [6.45, 7) is 1.61. The van der Waals surface area contributed by atoms with Gasteiger partial charge in [-0.25, -0.2) is 0 Å². The van der Waals surface area contributed by atoms with Crippen LogP contribution in [0, 0.1) is 0 Å². The number of hydrogen-bond donors (Lipinski definition) is 2. The molecule has 0 spiro atoms. The van der Waals surface area contributed by atoms with Crippen LogP contribution in [-0.2, 0) is 0 Å². The summed E-state index contributed by atoms with van der Waals surface area (Å²) in [5.74, 6) is -0.222. The number of ketones is 1. The maximum absolute atomic E-state index is 11.5. The molecule has 0 fully saturated rings. The molecule has 1 rings (SSSR count). The van der Waals surface area contributed by atoms with Gasteiger partial charge in [0.2, 0.25) is 5.78 Å². The topological polar surface area (TPSA) is 69.1 Å². The van der Waals surface area contributed by atoms with Crippen LogP contribution >= 0.6 is 0 Å². The Kier molecular flexibility index (Phi) is 2.69. The fourth-order valence-electron chi connectivity index (χ4n) is 0.924. The molecule has 0 saturated carbocycles. The van der Waals surface area contributed by atoms with Crippen molar-refractivity contribution in [3.8, 4) is 0 Å². The summed E-state index contributed by atoms with van der Waals surface area (Å²) >= 11 is 0. The molecule has 0 saturated heterocycles. The van der Waals surface area contributed by atoms with Gasteiger partial charge in [-0.1, -0.05) is 30.3 Å². The Morgan fingerprint density at radius 2 is 1.69 bits per heavy atom. The minimum absolute atomic E-state index is 0.117. The second-order valence-corrected chi connectivity index (χ2v) is 2.79. The molecule has 0 amide bonds. The van der Waals surface area contributed by atoms with E-state index in [9.17, 15) is 4.79 Å². The zero-order chi connectivity index (χ0) is 9.84. The predicted octanol–water partition coefficient (Wildman–Crippen LogP) is 1.02. The van der Waals surface area contributed by atoms with Gasteiger partial charge in [-0.05, 0) is 6.92 Å². The zero-order valence-electron chi connectivity index (χ0n) is 7.45. The van der Waals surface area contributed by atoms with Crippen molar-refractivity contribution in [3.63, 3.8) is 0 Å². The summed E-state index contributed by atoms with van der Waals surface area (Å²) in [4.78, 5) is 11.5. The minimum atomic E-state index is -0.222. The minimum Gasteiger partial charge on any atom is -0.400 e. The molecule has 3 heteroatoms. The Balaban J connectivity index is 3.00. The van der Waals surface area contributed by atoms with Crippen LogP contribution in [0.15, 0.2) is 41.7 Å². The van der Waals surface area contributed by atoms with Crippen molar-refractivity contribution in [2.75, 3.05) is 0 Å². The van der Waals surface area contributed by atoms with Gasteiger partial charge in [0, 0.05) is 11.3 Å². The quantitative estimate of drug-likeness (QED) is 0.522. The standard InChI is InChI=1S/C10H12N2O/c1-7(11)9(12)10(13)8-5-3-2-4-6-8/h2-6H,11-12H2,1H3/b9-7-. The van der Waals surface area contributed by atoms with Crippen molar-refractivity contribution in [2.45, 2.75) is 6.92 Å². The van der Waals surface area contributed by atoms with Gasteiger partial charge in [0.15, 0.2) is 0 Å². The summed E-state index contributed by atoms with van der Waals surface area (Å²) < 4.78 is 0. The van der Waals surface area contributed by atoms with E-state index in [0.717, 1.165) is 0 Å². The number of rotatable bonds is 2. The summed E-state index contributed by atoms with van der Waals surface area (Å²) in [7, 11) is 0. The molecule has 0 aliphatic heterocycles.